The molecule has 0 saturated carbocycles. The average Bonchev–Trinajstić information content (AvgIpc) is 2.24. The first kappa shape index (κ1) is 13.8. The molecule has 3 N–H and O–H groups in total. The molecule has 0 amide bonds. The number of benzene rings is 1. The van der Waals surface area contributed by atoms with Crippen LogP contribution in [0.5, 0.6) is 5.75 Å². The van der Waals surface area contributed by atoms with Gasteiger partial charge >= 0.3 is 0 Å². The van der Waals surface area contributed by atoms with Gasteiger partial charge < -0.3 is 15.8 Å². The number of hydrogen-bond donors (Lipinski definition) is 2. The molecular weight excluding hydrogens is 212 g/mol. The molecule has 0 aliphatic rings. The van der Waals surface area contributed by atoms with E-state index < -0.39 is 0 Å². The maximum Gasteiger partial charge on any atom is 0.141 e. The van der Waals surface area contributed by atoms with Gasteiger partial charge in [0.1, 0.15) is 5.75 Å². The quantitative estimate of drug-likeness (QED) is 0.826. The van der Waals surface area contributed by atoms with Gasteiger partial charge in [-0.2, -0.15) is 0 Å². The molecule has 1 aromatic carbocycles. The van der Waals surface area contributed by atoms with E-state index in [1.54, 1.807) is 7.11 Å². The fourth-order valence-electron chi connectivity index (χ4n) is 1.55. The third-order valence-corrected chi connectivity index (χ3v) is 2.62. The average molecular weight is 236 g/mol. The predicted molar refractivity (Wildman–Crippen MR) is 73.8 cm³/mol. The molecule has 0 aliphatic carbocycles. The van der Waals surface area contributed by atoms with Gasteiger partial charge in [-0.25, -0.2) is 0 Å². The Bertz CT molecular complexity index is 367. The smallest absolute Gasteiger partial charge is 0.141 e. The van der Waals surface area contributed by atoms with Crippen LogP contribution < -0.4 is 15.8 Å². The second-order valence-electron chi connectivity index (χ2n) is 5.46. The Kier molecular flexibility index (Phi) is 4.40. The number of ether oxygens (including phenoxy) is 1. The van der Waals surface area contributed by atoms with Crippen LogP contribution in [0.1, 0.15) is 39.2 Å². The maximum atomic E-state index is 5.97. The number of hydrogen-bond acceptors (Lipinski definition) is 3. The molecule has 3 heteroatoms. The highest BCUT2D eigenvalue weighted by atomic mass is 16.5. The maximum absolute atomic E-state index is 5.97. The number of nitrogens with two attached hydrogens (primary N) is 1. The predicted octanol–water partition coefficient (Wildman–Crippen LogP) is 2.97. The molecule has 1 rings (SSSR count). The zero-order valence-electron chi connectivity index (χ0n) is 11.5. The van der Waals surface area contributed by atoms with E-state index in [1.807, 2.05) is 19.9 Å². The monoisotopic (exact) mass is 236 g/mol. The van der Waals surface area contributed by atoms with Crippen LogP contribution in [0, 0.1) is 0 Å². The van der Waals surface area contributed by atoms with Crippen molar-refractivity contribution in [1.82, 2.24) is 0 Å². The highest BCUT2D eigenvalue weighted by Gasteiger charge is 2.12. The normalized spacial score (nSPS) is 11.7. The van der Waals surface area contributed by atoms with Crippen molar-refractivity contribution in [3.63, 3.8) is 0 Å². The lowest BCUT2D eigenvalue weighted by atomic mass is 10.0. The molecule has 0 saturated heterocycles. The minimum Gasteiger partial charge on any atom is -0.495 e. The molecule has 0 aliphatic heterocycles. The second kappa shape index (κ2) is 5.41. The van der Waals surface area contributed by atoms with Crippen LogP contribution in [0.4, 0.5) is 5.69 Å². The lowest BCUT2D eigenvalue weighted by Gasteiger charge is -2.21. The van der Waals surface area contributed by atoms with Crippen LogP contribution in [0.15, 0.2) is 18.2 Å². The Labute approximate surface area is 104 Å². The lowest BCUT2D eigenvalue weighted by molar-refractivity contribution is 0.415. The van der Waals surface area contributed by atoms with Gasteiger partial charge in [-0.05, 0) is 37.5 Å². The van der Waals surface area contributed by atoms with Crippen molar-refractivity contribution < 1.29 is 4.74 Å². The number of anilines is 1. The molecule has 0 bridgehead atoms. The molecule has 0 unspecified atom stereocenters. The molecule has 3 nitrogen and oxygen atoms in total. The Balaban J connectivity index is 2.90. The molecule has 0 spiro atoms. The number of nitrogens with one attached hydrogen (secondary N) is 1. The molecule has 0 fully saturated rings. The van der Waals surface area contributed by atoms with Crippen LogP contribution in [-0.4, -0.2) is 19.2 Å². The van der Waals surface area contributed by atoms with Crippen molar-refractivity contribution in [2.45, 2.75) is 39.2 Å². The van der Waals surface area contributed by atoms with E-state index in [9.17, 15) is 0 Å². The Hall–Kier alpha value is -1.22. The Morgan fingerprint density at radius 3 is 2.47 bits per heavy atom. The van der Waals surface area contributed by atoms with Gasteiger partial charge in [0.05, 0.1) is 12.8 Å². The van der Waals surface area contributed by atoms with Gasteiger partial charge in [-0.1, -0.05) is 19.9 Å². The van der Waals surface area contributed by atoms with Gasteiger partial charge in [0.15, 0.2) is 0 Å². The van der Waals surface area contributed by atoms with Crippen molar-refractivity contribution >= 4 is 5.69 Å². The lowest BCUT2D eigenvalue weighted by Crippen LogP contribution is -2.39. The molecule has 0 aromatic heterocycles. The summed E-state index contributed by atoms with van der Waals surface area (Å²) in [6.45, 7) is 9.07. The van der Waals surface area contributed by atoms with E-state index in [0.717, 1.165) is 11.4 Å². The summed E-state index contributed by atoms with van der Waals surface area (Å²) >= 11 is 0. The molecule has 0 atom stereocenters. The summed E-state index contributed by atoms with van der Waals surface area (Å²) in [6.07, 6.45) is 0. The molecule has 0 heterocycles. The highest BCUT2D eigenvalue weighted by Crippen LogP contribution is 2.28. The van der Waals surface area contributed by atoms with Gasteiger partial charge in [-0.15, -0.1) is 0 Å². The van der Waals surface area contributed by atoms with Crippen molar-refractivity contribution in [3.8, 4) is 5.75 Å². The van der Waals surface area contributed by atoms with E-state index in [0.29, 0.717) is 12.5 Å². The minimum atomic E-state index is -0.237. The summed E-state index contributed by atoms with van der Waals surface area (Å²) in [5.74, 6) is 1.37. The largest absolute Gasteiger partial charge is 0.495 e. The number of methoxy groups -OCH3 is 1. The van der Waals surface area contributed by atoms with Gasteiger partial charge in [-0.3, -0.25) is 0 Å². The van der Waals surface area contributed by atoms with Crippen molar-refractivity contribution in [3.05, 3.63) is 23.8 Å². The summed E-state index contributed by atoms with van der Waals surface area (Å²) in [4.78, 5) is 0. The molecular formula is C14H24N2O. The second-order valence-corrected chi connectivity index (χ2v) is 5.46. The summed E-state index contributed by atoms with van der Waals surface area (Å²) < 4.78 is 5.34. The Morgan fingerprint density at radius 2 is 2.00 bits per heavy atom. The molecule has 1 aromatic rings. The zero-order valence-corrected chi connectivity index (χ0v) is 11.5. The third-order valence-electron chi connectivity index (χ3n) is 2.62. The SMILES string of the molecule is COc1ccc(C(C)C)cc1NCC(C)(C)N. The third kappa shape index (κ3) is 4.27. The van der Waals surface area contributed by atoms with Crippen LogP contribution >= 0.6 is 0 Å². The molecule has 96 valence electrons. The fourth-order valence-corrected chi connectivity index (χ4v) is 1.55. The summed E-state index contributed by atoms with van der Waals surface area (Å²) in [5, 5.41) is 3.35. The Morgan fingerprint density at radius 1 is 1.35 bits per heavy atom. The van der Waals surface area contributed by atoms with Crippen LogP contribution in [0.25, 0.3) is 0 Å². The standard InChI is InChI=1S/C14H24N2O/c1-10(2)11-6-7-13(17-5)12(8-11)16-9-14(3,4)15/h6-8,10,16H,9,15H2,1-5H3. The number of rotatable bonds is 5. The summed E-state index contributed by atoms with van der Waals surface area (Å²) in [6, 6.07) is 6.23. The van der Waals surface area contributed by atoms with E-state index in [4.69, 9.17) is 10.5 Å². The van der Waals surface area contributed by atoms with Gasteiger partial charge in [0, 0.05) is 12.1 Å². The van der Waals surface area contributed by atoms with E-state index in [1.165, 1.54) is 5.56 Å². The van der Waals surface area contributed by atoms with Crippen molar-refractivity contribution in [1.29, 1.82) is 0 Å². The fraction of sp³-hybridized carbons (Fsp3) is 0.571. The van der Waals surface area contributed by atoms with Crippen LogP contribution in [0.3, 0.4) is 0 Å². The first-order chi connectivity index (χ1) is 7.83. The highest BCUT2D eigenvalue weighted by molar-refractivity contribution is 5.58. The van der Waals surface area contributed by atoms with Crippen molar-refractivity contribution in [2.75, 3.05) is 19.0 Å². The minimum absolute atomic E-state index is 0.237. The first-order valence-electron chi connectivity index (χ1n) is 6.04. The van der Waals surface area contributed by atoms with Crippen LogP contribution in [0.2, 0.25) is 0 Å². The summed E-state index contributed by atoms with van der Waals surface area (Å²) in [7, 11) is 1.68. The van der Waals surface area contributed by atoms with Crippen LogP contribution in [-0.2, 0) is 0 Å². The van der Waals surface area contributed by atoms with Gasteiger partial charge in [0.2, 0.25) is 0 Å². The molecule has 17 heavy (non-hydrogen) atoms. The van der Waals surface area contributed by atoms with E-state index in [-0.39, 0.29) is 5.54 Å². The van der Waals surface area contributed by atoms with E-state index in [2.05, 4.69) is 31.3 Å². The summed E-state index contributed by atoms with van der Waals surface area (Å²) in [5.41, 5.74) is 8.04. The van der Waals surface area contributed by atoms with E-state index >= 15 is 0 Å². The first-order valence-corrected chi connectivity index (χ1v) is 6.04. The van der Waals surface area contributed by atoms with Gasteiger partial charge in [0.25, 0.3) is 0 Å². The zero-order chi connectivity index (χ0) is 13.1. The topological polar surface area (TPSA) is 47.3 Å². The van der Waals surface area contributed by atoms with Crippen molar-refractivity contribution in [2.24, 2.45) is 5.73 Å². The molecule has 0 radical (unpaired) electrons.